The van der Waals surface area contributed by atoms with E-state index in [9.17, 15) is 0 Å². The van der Waals surface area contributed by atoms with Gasteiger partial charge in [0.25, 0.3) is 0 Å². The smallest absolute Gasteiger partial charge is 0.0871 e. The fourth-order valence-corrected chi connectivity index (χ4v) is 3.74. The van der Waals surface area contributed by atoms with E-state index in [0.717, 1.165) is 15.7 Å². The maximum Gasteiger partial charge on any atom is 0.0871 e. The van der Waals surface area contributed by atoms with Crippen LogP contribution >= 0.6 is 15.9 Å². The molecule has 0 spiro atoms. The van der Waals surface area contributed by atoms with Crippen molar-refractivity contribution in [2.24, 2.45) is 0 Å². The lowest BCUT2D eigenvalue weighted by molar-refractivity contribution is 0.666. The predicted molar refractivity (Wildman–Crippen MR) is 109 cm³/mol. The van der Waals surface area contributed by atoms with Crippen molar-refractivity contribution in [3.63, 3.8) is 0 Å². The highest BCUT2D eigenvalue weighted by molar-refractivity contribution is 9.10. The SMILES string of the molecule is CC(Nc1ccccc1)(c1ccccc1)c1c[nH]c2ccc(Br)cc12. The number of aromatic amines is 1. The van der Waals surface area contributed by atoms with Gasteiger partial charge in [0.1, 0.15) is 0 Å². The summed E-state index contributed by atoms with van der Waals surface area (Å²) >= 11 is 3.61. The van der Waals surface area contributed by atoms with Crippen LogP contribution in [0.25, 0.3) is 10.9 Å². The van der Waals surface area contributed by atoms with Crippen molar-refractivity contribution < 1.29 is 0 Å². The second-order valence-corrected chi connectivity index (χ2v) is 7.29. The molecule has 3 aromatic carbocycles. The van der Waals surface area contributed by atoms with E-state index in [2.05, 4.69) is 112 Å². The predicted octanol–water partition coefficient (Wildman–Crippen LogP) is 6.31. The van der Waals surface area contributed by atoms with E-state index in [0.29, 0.717) is 0 Å². The van der Waals surface area contributed by atoms with Crippen molar-refractivity contribution in [1.29, 1.82) is 0 Å². The number of para-hydroxylation sites is 1. The number of nitrogens with one attached hydrogen (secondary N) is 2. The monoisotopic (exact) mass is 390 g/mol. The standard InChI is InChI=1S/C22H19BrN2/c1-22(16-8-4-2-5-9-16,25-18-10-6-3-7-11-18)20-15-24-21-13-12-17(23)14-19(20)21/h2-15,24-25H,1H3. The number of hydrogen-bond donors (Lipinski definition) is 2. The molecule has 0 saturated heterocycles. The lowest BCUT2D eigenvalue weighted by atomic mass is 9.84. The van der Waals surface area contributed by atoms with Gasteiger partial charge in [-0.1, -0.05) is 64.5 Å². The van der Waals surface area contributed by atoms with Crippen LogP contribution in [0.5, 0.6) is 0 Å². The molecule has 2 nitrogen and oxygen atoms in total. The van der Waals surface area contributed by atoms with Gasteiger partial charge < -0.3 is 10.3 Å². The van der Waals surface area contributed by atoms with Gasteiger partial charge in [0.2, 0.25) is 0 Å². The molecule has 0 bridgehead atoms. The lowest BCUT2D eigenvalue weighted by Crippen LogP contribution is -2.33. The van der Waals surface area contributed by atoms with Gasteiger partial charge in [0, 0.05) is 32.8 Å². The van der Waals surface area contributed by atoms with Gasteiger partial charge in [-0.3, -0.25) is 0 Å². The van der Waals surface area contributed by atoms with Gasteiger partial charge in [-0.2, -0.15) is 0 Å². The Kier molecular flexibility index (Phi) is 4.10. The number of H-pyrrole nitrogens is 1. The first-order chi connectivity index (χ1) is 12.2. The van der Waals surface area contributed by atoms with Crippen LogP contribution in [-0.2, 0) is 5.54 Å². The van der Waals surface area contributed by atoms with Crippen LogP contribution in [0.15, 0.2) is 89.5 Å². The van der Waals surface area contributed by atoms with Crippen molar-refractivity contribution in [2.45, 2.75) is 12.5 Å². The van der Waals surface area contributed by atoms with Crippen molar-refractivity contribution in [2.75, 3.05) is 5.32 Å². The van der Waals surface area contributed by atoms with Crippen LogP contribution in [0.1, 0.15) is 18.1 Å². The zero-order chi connectivity index (χ0) is 17.3. The summed E-state index contributed by atoms with van der Waals surface area (Å²) in [7, 11) is 0. The first kappa shape index (κ1) is 16.0. The van der Waals surface area contributed by atoms with E-state index < -0.39 is 0 Å². The second-order valence-electron chi connectivity index (χ2n) is 6.37. The second kappa shape index (κ2) is 6.41. The Morgan fingerprint density at radius 1 is 0.880 bits per heavy atom. The van der Waals surface area contributed by atoms with Gasteiger partial charge in [-0.05, 0) is 42.8 Å². The molecule has 0 aliphatic heterocycles. The fraction of sp³-hybridized carbons (Fsp3) is 0.0909. The highest BCUT2D eigenvalue weighted by Crippen LogP contribution is 2.38. The van der Waals surface area contributed by atoms with E-state index in [-0.39, 0.29) is 5.54 Å². The number of hydrogen-bond acceptors (Lipinski definition) is 1. The summed E-state index contributed by atoms with van der Waals surface area (Å²) < 4.78 is 1.08. The van der Waals surface area contributed by atoms with E-state index in [1.807, 2.05) is 6.07 Å². The zero-order valence-corrected chi connectivity index (χ0v) is 15.5. The molecule has 0 saturated carbocycles. The maximum atomic E-state index is 3.75. The third-order valence-electron chi connectivity index (χ3n) is 4.70. The highest BCUT2D eigenvalue weighted by Gasteiger charge is 2.31. The Morgan fingerprint density at radius 2 is 1.56 bits per heavy atom. The maximum absolute atomic E-state index is 3.75. The van der Waals surface area contributed by atoms with Crippen LogP contribution < -0.4 is 5.32 Å². The molecule has 0 amide bonds. The number of fused-ring (bicyclic) bond motifs is 1. The molecule has 25 heavy (non-hydrogen) atoms. The largest absolute Gasteiger partial charge is 0.372 e. The van der Waals surface area contributed by atoms with Crippen LogP contribution in [0.2, 0.25) is 0 Å². The summed E-state index contributed by atoms with van der Waals surface area (Å²) in [6.45, 7) is 2.23. The summed E-state index contributed by atoms with van der Waals surface area (Å²) in [5, 5.41) is 4.96. The lowest BCUT2D eigenvalue weighted by Gasteiger charge is -2.33. The van der Waals surface area contributed by atoms with E-state index in [1.165, 1.54) is 16.5 Å². The zero-order valence-electron chi connectivity index (χ0n) is 14.0. The van der Waals surface area contributed by atoms with E-state index in [1.54, 1.807) is 0 Å². The summed E-state index contributed by atoms with van der Waals surface area (Å²) in [6, 6.07) is 27.3. The molecule has 0 aliphatic carbocycles. The average Bonchev–Trinajstić information content (AvgIpc) is 3.07. The molecule has 1 aromatic heterocycles. The third kappa shape index (κ3) is 2.96. The Hall–Kier alpha value is -2.52. The first-order valence-electron chi connectivity index (χ1n) is 8.33. The highest BCUT2D eigenvalue weighted by atomic mass is 79.9. The van der Waals surface area contributed by atoms with Crippen molar-refractivity contribution in [3.8, 4) is 0 Å². The van der Waals surface area contributed by atoms with Gasteiger partial charge >= 0.3 is 0 Å². The summed E-state index contributed by atoms with van der Waals surface area (Å²) in [4.78, 5) is 3.42. The van der Waals surface area contributed by atoms with E-state index in [4.69, 9.17) is 0 Å². The van der Waals surface area contributed by atoms with Crippen molar-refractivity contribution in [1.82, 2.24) is 4.98 Å². The minimum absolute atomic E-state index is 0.359. The van der Waals surface area contributed by atoms with Gasteiger partial charge in [0.15, 0.2) is 0 Å². The molecule has 0 aliphatic rings. The molecule has 1 atom stereocenters. The van der Waals surface area contributed by atoms with Crippen molar-refractivity contribution in [3.05, 3.63) is 101 Å². The molecule has 4 rings (SSSR count). The summed E-state index contributed by atoms with van der Waals surface area (Å²) in [5.41, 5.74) is 4.31. The van der Waals surface area contributed by atoms with Crippen LogP contribution in [-0.4, -0.2) is 4.98 Å². The Labute approximate surface area is 156 Å². The van der Waals surface area contributed by atoms with Gasteiger partial charge in [-0.25, -0.2) is 0 Å². The molecular weight excluding hydrogens is 372 g/mol. The molecule has 2 N–H and O–H groups in total. The van der Waals surface area contributed by atoms with Crippen molar-refractivity contribution >= 4 is 32.5 Å². The Bertz CT molecular complexity index is 992. The first-order valence-corrected chi connectivity index (χ1v) is 9.12. The van der Waals surface area contributed by atoms with E-state index >= 15 is 0 Å². The molecule has 1 unspecified atom stereocenters. The fourth-order valence-electron chi connectivity index (χ4n) is 3.38. The molecular formula is C22H19BrN2. The number of benzene rings is 3. The molecule has 4 aromatic rings. The Morgan fingerprint density at radius 3 is 2.28 bits per heavy atom. The van der Waals surface area contributed by atoms with Crippen LogP contribution in [0.4, 0.5) is 5.69 Å². The average molecular weight is 391 g/mol. The number of rotatable bonds is 4. The van der Waals surface area contributed by atoms with Gasteiger partial charge in [-0.15, -0.1) is 0 Å². The Balaban J connectivity index is 1.92. The number of aromatic nitrogens is 1. The minimum atomic E-state index is -0.359. The quantitative estimate of drug-likeness (QED) is 0.419. The normalized spacial score (nSPS) is 13.5. The van der Waals surface area contributed by atoms with Crippen LogP contribution in [0, 0.1) is 0 Å². The minimum Gasteiger partial charge on any atom is -0.372 e. The van der Waals surface area contributed by atoms with Crippen LogP contribution in [0.3, 0.4) is 0 Å². The summed E-state index contributed by atoms with van der Waals surface area (Å²) in [6.07, 6.45) is 2.11. The number of anilines is 1. The topological polar surface area (TPSA) is 27.8 Å². The molecule has 124 valence electrons. The number of halogens is 1. The molecule has 0 radical (unpaired) electrons. The third-order valence-corrected chi connectivity index (χ3v) is 5.19. The molecule has 1 heterocycles. The van der Waals surface area contributed by atoms with Gasteiger partial charge in [0.05, 0.1) is 5.54 Å². The summed E-state index contributed by atoms with van der Waals surface area (Å²) in [5.74, 6) is 0. The molecule has 3 heteroatoms. The molecule has 0 fully saturated rings.